The molecule has 0 aromatic carbocycles. The first-order valence-corrected chi connectivity index (χ1v) is 8.86. The Hall–Kier alpha value is -0.460. The molecule has 0 spiro atoms. The van der Waals surface area contributed by atoms with Gasteiger partial charge in [-0.1, -0.05) is 37.8 Å². The number of hydrogen-bond acceptors (Lipinski definition) is 4. The topological polar surface area (TPSA) is 52.0 Å². The van der Waals surface area contributed by atoms with Gasteiger partial charge in [-0.25, -0.2) is 4.68 Å². The van der Waals surface area contributed by atoms with Gasteiger partial charge in [-0.3, -0.25) is 0 Å². The Morgan fingerprint density at radius 2 is 1.95 bits per heavy atom. The van der Waals surface area contributed by atoms with Crippen molar-refractivity contribution in [2.24, 2.45) is 7.05 Å². The maximum atomic E-state index is 6.35. The van der Waals surface area contributed by atoms with E-state index in [1.54, 1.807) is 0 Å². The lowest BCUT2D eigenvalue weighted by molar-refractivity contribution is -0.0796. The molecule has 1 fully saturated rings. The van der Waals surface area contributed by atoms with Crippen molar-refractivity contribution in [1.29, 1.82) is 0 Å². The number of nitrogens with one attached hydrogen (secondary N) is 1. The summed E-state index contributed by atoms with van der Waals surface area (Å²) in [6, 6.07) is 0.120. The second kappa shape index (κ2) is 7.70. The number of ether oxygens (including phenoxy) is 1. The van der Waals surface area contributed by atoms with Crippen molar-refractivity contribution in [2.75, 3.05) is 13.2 Å². The van der Waals surface area contributed by atoms with E-state index < -0.39 is 0 Å². The molecule has 6 heteroatoms. The Labute approximate surface area is 135 Å². The van der Waals surface area contributed by atoms with E-state index >= 15 is 0 Å². The molecule has 1 atom stereocenters. The van der Waals surface area contributed by atoms with Gasteiger partial charge >= 0.3 is 0 Å². The number of nitrogens with zero attached hydrogens (tertiary/aromatic N) is 3. The van der Waals surface area contributed by atoms with Crippen molar-refractivity contribution in [2.45, 2.75) is 64.0 Å². The number of rotatable bonds is 6. The number of halogens is 1. The molecular weight excluding hydrogens is 332 g/mol. The zero-order chi connectivity index (χ0) is 15.3. The molecule has 0 bridgehead atoms. The van der Waals surface area contributed by atoms with Crippen LogP contribution in [0.15, 0.2) is 4.60 Å². The zero-order valence-electron chi connectivity index (χ0n) is 13.4. The van der Waals surface area contributed by atoms with Gasteiger partial charge in [0.25, 0.3) is 0 Å². The van der Waals surface area contributed by atoms with E-state index in [1.807, 2.05) is 11.7 Å². The molecule has 0 saturated heterocycles. The Kier molecular flexibility index (Phi) is 6.20. The zero-order valence-corrected chi connectivity index (χ0v) is 14.9. The summed E-state index contributed by atoms with van der Waals surface area (Å²) in [5.41, 5.74) is 0.936. The van der Waals surface area contributed by atoms with E-state index in [2.05, 4.69) is 45.4 Å². The van der Waals surface area contributed by atoms with Gasteiger partial charge < -0.3 is 10.1 Å². The highest BCUT2D eigenvalue weighted by atomic mass is 79.9. The average molecular weight is 359 g/mol. The maximum absolute atomic E-state index is 6.35. The third-order valence-electron chi connectivity index (χ3n) is 4.42. The van der Waals surface area contributed by atoms with Crippen LogP contribution in [0.5, 0.6) is 0 Å². The molecule has 1 aliphatic rings. The minimum absolute atomic E-state index is 0.120. The molecule has 2 rings (SSSR count). The van der Waals surface area contributed by atoms with Crippen LogP contribution in [0, 0.1) is 0 Å². The molecule has 0 radical (unpaired) electrons. The normalized spacial score (nSPS) is 20.2. The minimum Gasteiger partial charge on any atom is -0.373 e. The highest BCUT2D eigenvalue weighted by molar-refractivity contribution is 9.10. The van der Waals surface area contributed by atoms with Gasteiger partial charge in [-0.15, -0.1) is 5.10 Å². The maximum Gasteiger partial charge on any atom is 0.153 e. The largest absolute Gasteiger partial charge is 0.373 e. The molecule has 1 heterocycles. The van der Waals surface area contributed by atoms with Crippen molar-refractivity contribution in [1.82, 2.24) is 20.3 Å². The van der Waals surface area contributed by atoms with Crippen LogP contribution in [0.4, 0.5) is 0 Å². The van der Waals surface area contributed by atoms with Crippen LogP contribution < -0.4 is 5.32 Å². The SMILES string of the molecule is CCNC(c1c(Br)nnn1C)C1(OCC)CCCCCC1. The number of hydrogen-bond donors (Lipinski definition) is 1. The smallest absolute Gasteiger partial charge is 0.153 e. The first kappa shape index (κ1) is 16.9. The summed E-state index contributed by atoms with van der Waals surface area (Å²) in [5.74, 6) is 0. The van der Waals surface area contributed by atoms with Crippen molar-refractivity contribution in [3.8, 4) is 0 Å². The van der Waals surface area contributed by atoms with E-state index in [9.17, 15) is 0 Å². The summed E-state index contributed by atoms with van der Waals surface area (Å²) in [6.45, 7) is 5.87. The van der Waals surface area contributed by atoms with E-state index in [4.69, 9.17) is 4.74 Å². The molecule has 0 aliphatic heterocycles. The molecule has 1 aliphatic carbocycles. The fourth-order valence-corrected chi connectivity index (χ4v) is 4.07. The molecule has 120 valence electrons. The van der Waals surface area contributed by atoms with Crippen LogP contribution in [0.3, 0.4) is 0 Å². The molecule has 0 amide bonds. The quantitative estimate of drug-likeness (QED) is 0.792. The van der Waals surface area contributed by atoms with Crippen LogP contribution in [-0.4, -0.2) is 33.7 Å². The summed E-state index contributed by atoms with van der Waals surface area (Å²) in [7, 11) is 1.95. The molecule has 1 unspecified atom stereocenters. The second-order valence-corrected chi connectivity index (χ2v) is 6.54. The van der Waals surface area contributed by atoms with E-state index in [-0.39, 0.29) is 11.6 Å². The molecule has 1 N–H and O–H groups in total. The fraction of sp³-hybridized carbons (Fsp3) is 0.867. The average Bonchev–Trinajstić information content (AvgIpc) is 2.68. The highest BCUT2D eigenvalue weighted by Crippen LogP contribution is 2.41. The van der Waals surface area contributed by atoms with Gasteiger partial charge in [-0.05, 0) is 42.2 Å². The third-order valence-corrected chi connectivity index (χ3v) is 4.98. The predicted octanol–water partition coefficient (Wildman–Crippen LogP) is 3.36. The highest BCUT2D eigenvalue weighted by Gasteiger charge is 2.42. The van der Waals surface area contributed by atoms with Crippen LogP contribution in [0.25, 0.3) is 0 Å². The minimum atomic E-state index is -0.154. The molecule has 1 aromatic heterocycles. The summed E-state index contributed by atoms with van der Waals surface area (Å²) in [4.78, 5) is 0. The lowest BCUT2D eigenvalue weighted by Gasteiger charge is -2.40. The Morgan fingerprint density at radius 1 is 1.29 bits per heavy atom. The summed E-state index contributed by atoms with van der Waals surface area (Å²) in [6.07, 6.45) is 7.25. The molecule has 1 saturated carbocycles. The summed E-state index contributed by atoms with van der Waals surface area (Å²) in [5, 5.41) is 11.9. The fourth-order valence-electron chi connectivity index (χ4n) is 3.51. The molecule has 5 nitrogen and oxygen atoms in total. The van der Waals surface area contributed by atoms with Gasteiger partial charge in [-0.2, -0.15) is 0 Å². The van der Waals surface area contributed by atoms with E-state index in [0.29, 0.717) is 0 Å². The summed E-state index contributed by atoms with van der Waals surface area (Å²) < 4.78 is 9.03. The molecule has 21 heavy (non-hydrogen) atoms. The van der Waals surface area contributed by atoms with E-state index in [0.717, 1.165) is 36.3 Å². The Balaban J connectivity index is 2.40. The number of aromatic nitrogens is 3. The Morgan fingerprint density at radius 3 is 2.43 bits per heavy atom. The number of likely N-dealkylation sites (N-methyl/N-ethyl adjacent to an activating group) is 1. The lowest BCUT2D eigenvalue weighted by atomic mass is 9.84. The van der Waals surface area contributed by atoms with Crippen LogP contribution >= 0.6 is 15.9 Å². The predicted molar refractivity (Wildman–Crippen MR) is 87.2 cm³/mol. The number of aryl methyl sites for hydroxylation is 1. The monoisotopic (exact) mass is 358 g/mol. The standard InChI is InChI=1S/C15H27BrN4O/c1-4-17-13(12-14(16)18-19-20(12)3)15(21-5-2)10-8-6-7-9-11-15/h13,17H,4-11H2,1-3H3. The van der Waals surface area contributed by atoms with Gasteiger partial charge in [0.15, 0.2) is 4.60 Å². The van der Waals surface area contributed by atoms with Crippen molar-refractivity contribution in [3.05, 3.63) is 10.3 Å². The first-order valence-electron chi connectivity index (χ1n) is 8.07. The van der Waals surface area contributed by atoms with Gasteiger partial charge in [0, 0.05) is 13.7 Å². The third kappa shape index (κ3) is 3.66. The van der Waals surface area contributed by atoms with E-state index in [1.165, 1.54) is 25.7 Å². The van der Waals surface area contributed by atoms with Gasteiger partial charge in [0.2, 0.25) is 0 Å². The van der Waals surface area contributed by atoms with Crippen LogP contribution in [0.2, 0.25) is 0 Å². The first-order chi connectivity index (χ1) is 10.1. The van der Waals surface area contributed by atoms with Gasteiger partial charge in [0.05, 0.1) is 17.3 Å². The van der Waals surface area contributed by atoms with Crippen molar-refractivity contribution >= 4 is 15.9 Å². The lowest BCUT2D eigenvalue weighted by Crippen LogP contribution is -2.47. The molecular formula is C15H27BrN4O. The second-order valence-electron chi connectivity index (χ2n) is 5.79. The van der Waals surface area contributed by atoms with Crippen molar-refractivity contribution < 1.29 is 4.74 Å². The van der Waals surface area contributed by atoms with Gasteiger partial charge in [0.1, 0.15) is 0 Å². The molecule has 1 aromatic rings. The summed E-state index contributed by atoms with van der Waals surface area (Å²) >= 11 is 3.56. The van der Waals surface area contributed by atoms with Crippen LogP contribution in [-0.2, 0) is 11.8 Å². The Bertz CT molecular complexity index is 421. The van der Waals surface area contributed by atoms with Crippen LogP contribution in [0.1, 0.15) is 64.1 Å². The van der Waals surface area contributed by atoms with Crippen molar-refractivity contribution in [3.63, 3.8) is 0 Å².